The molecule has 2 heterocycles. The molecule has 0 spiro atoms. The summed E-state index contributed by atoms with van der Waals surface area (Å²) < 4.78 is 32.4. The molecule has 0 unspecified atom stereocenters. The first kappa shape index (κ1) is 22.0. The molecule has 0 aliphatic carbocycles. The lowest BCUT2D eigenvalue weighted by atomic mass is 10.2. The fraction of sp³-hybridized carbons (Fsp3) is 0.250. The number of hydrogen-bond donors (Lipinski definition) is 1. The van der Waals surface area contributed by atoms with Crippen molar-refractivity contribution in [2.24, 2.45) is 0 Å². The van der Waals surface area contributed by atoms with Crippen LogP contribution in [0.2, 0.25) is 5.02 Å². The molecular formula is C20H19ClN4O4S2. The lowest BCUT2D eigenvalue weighted by Crippen LogP contribution is -2.40. The molecule has 31 heavy (non-hydrogen) atoms. The summed E-state index contributed by atoms with van der Waals surface area (Å²) in [6, 6.07) is 12.0. The van der Waals surface area contributed by atoms with Crippen LogP contribution >= 0.6 is 23.4 Å². The third kappa shape index (κ3) is 4.99. The van der Waals surface area contributed by atoms with Crippen molar-refractivity contribution in [1.29, 1.82) is 0 Å². The number of aromatic nitrogens is 2. The molecule has 11 heteroatoms. The number of nitrogens with zero attached hydrogens (tertiary/aromatic N) is 3. The predicted molar refractivity (Wildman–Crippen MR) is 120 cm³/mol. The second-order valence-electron chi connectivity index (χ2n) is 6.69. The average Bonchev–Trinajstić information content (AvgIpc) is 2.79. The summed E-state index contributed by atoms with van der Waals surface area (Å²) in [6.45, 7) is 1.20. The number of rotatable bonds is 6. The highest BCUT2D eigenvalue weighted by Crippen LogP contribution is 2.29. The number of sulfonamides is 1. The van der Waals surface area contributed by atoms with Gasteiger partial charge in [-0.25, -0.2) is 18.4 Å². The van der Waals surface area contributed by atoms with Gasteiger partial charge in [0.15, 0.2) is 0 Å². The minimum absolute atomic E-state index is 0.0386. The molecule has 1 N–H and O–H groups in total. The van der Waals surface area contributed by atoms with Crippen LogP contribution < -0.4 is 5.32 Å². The van der Waals surface area contributed by atoms with E-state index in [9.17, 15) is 13.2 Å². The summed E-state index contributed by atoms with van der Waals surface area (Å²) in [6.07, 6.45) is 1.46. The number of anilines is 1. The van der Waals surface area contributed by atoms with Crippen molar-refractivity contribution in [2.75, 3.05) is 37.4 Å². The Morgan fingerprint density at radius 2 is 1.94 bits per heavy atom. The Bertz CT molecular complexity index is 1210. The Morgan fingerprint density at radius 1 is 1.16 bits per heavy atom. The van der Waals surface area contributed by atoms with Gasteiger partial charge in [0.2, 0.25) is 15.9 Å². The fourth-order valence-electron chi connectivity index (χ4n) is 3.13. The number of carbonyl (C=O) groups excluding carboxylic acids is 1. The van der Waals surface area contributed by atoms with Gasteiger partial charge >= 0.3 is 0 Å². The predicted octanol–water partition coefficient (Wildman–Crippen LogP) is 3.03. The number of hydrogen-bond acceptors (Lipinski definition) is 7. The van der Waals surface area contributed by atoms with E-state index in [0.29, 0.717) is 23.9 Å². The fourth-order valence-corrected chi connectivity index (χ4v) is 5.83. The Balaban J connectivity index is 1.47. The number of halogens is 1. The molecule has 0 bridgehead atoms. The summed E-state index contributed by atoms with van der Waals surface area (Å²) in [4.78, 5) is 20.9. The van der Waals surface area contributed by atoms with E-state index in [1.54, 1.807) is 6.07 Å². The molecule has 3 aromatic rings. The van der Waals surface area contributed by atoms with Crippen LogP contribution in [-0.4, -0.2) is 60.7 Å². The summed E-state index contributed by atoms with van der Waals surface area (Å²) in [5.41, 5.74) is 1.16. The number of ether oxygens (including phenoxy) is 1. The maximum Gasteiger partial charge on any atom is 0.244 e. The smallest absolute Gasteiger partial charge is 0.244 e. The zero-order valence-electron chi connectivity index (χ0n) is 16.3. The first-order valence-electron chi connectivity index (χ1n) is 9.45. The van der Waals surface area contributed by atoms with Crippen LogP contribution in [0, 0.1) is 0 Å². The first-order chi connectivity index (χ1) is 14.9. The normalized spacial score (nSPS) is 15.1. The van der Waals surface area contributed by atoms with E-state index in [4.69, 9.17) is 16.3 Å². The Morgan fingerprint density at radius 3 is 2.74 bits per heavy atom. The first-order valence-corrected chi connectivity index (χ1v) is 12.3. The van der Waals surface area contributed by atoms with Crippen molar-refractivity contribution >= 4 is 55.9 Å². The van der Waals surface area contributed by atoms with Gasteiger partial charge < -0.3 is 10.1 Å². The average molecular weight is 479 g/mol. The Kier molecular flexibility index (Phi) is 6.73. The molecule has 1 aliphatic heterocycles. The zero-order chi connectivity index (χ0) is 21.8. The summed E-state index contributed by atoms with van der Waals surface area (Å²) in [7, 11) is -3.78. The van der Waals surface area contributed by atoms with Gasteiger partial charge in [-0.3, -0.25) is 4.79 Å². The monoisotopic (exact) mass is 478 g/mol. The highest BCUT2D eigenvalue weighted by atomic mass is 35.5. The lowest BCUT2D eigenvalue weighted by molar-refractivity contribution is -0.113. The second kappa shape index (κ2) is 9.49. The Hall–Kier alpha value is -2.24. The number of carbonyl (C=O) groups is 1. The van der Waals surface area contributed by atoms with Crippen molar-refractivity contribution < 1.29 is 17.9 Å². The van der Waals surface area contributed by atoms with Crippen molar-refractivity contribution in [1.82, 2.24) is 14.3 Å². The maximum atomic E-state index is 12.9. The number of thioether (sulfide) groups is 1. The van der Waals surface area contributed by atoms with Crippen LogP contribution in [0.4, 0.5) is 5.69 Å². The van der Waals surface area contributed by atoms with Gasteiger partial charge in [0, 0.05) is 24.2 Å². The van der Waals surface area contributed by atoms with Gasteiger partial charge in [-0.05, 0) is 24.3 Å². The molecule has 0 radical (unpaired) electrons. The van der Waals surface area contributed by atoms with Crippen LogP contribution in [0.3, 0.4) is 0 Å². The number of para-hydroxylation sites is 1. The highest BCUT2D eigenvalue weighted by molar-refractivity contribution is 8.00. The van der Waals surface area contributed by atoms with Crippen LogP contribution in [-0.2, 0) is 19.6 Å². The largest absolute Gasteiger partial charge is 0.379 e. The molecule has 1 aromatic heterocycles. The zero-order valence-corrected chi connectivity index (χ0v) is 18.7. The number of morpholine rings is 1. The van der Waals surface area contributed by atoms with E-state index in [1.165, 1.54) is 34.5 Å². The standard InChI is InChI=1S/C20H19ClN4O4S2/c21-16-6-5-14(11-18(16)31(27,28)25-7-9-29-10-8-25)24-19(26)12-30-20-15-3-1-2-4-17(15)22-13-23-20/h1-6,11,13H,7-10,12H2,(H,24,26). The number of nitrogens with one attached hydrogen (secondary N) is 1. The van der Waals surface area contributed by atoms with Gasteiger partial charge in [-0.1, -0.05) is 41.6 Å². The van der Waals surface area contributed by atoms with Crippen LogP contribution in [0.5, 0.6) is 0 Å². The van der Waals surface area contributed by atoms with Crippen LogP contribution in [0.25, 0.3) is 10.9 Å². The van der Waals surface area contributed by atoms with Crippen LogP contribution in [0.1, 0.15) is 0 Å². The maximum absolute atomic E-state index is 12.9. The van der Waals surface area contributed by atoms with Gasteiger partial charge in [-0.2, -0.15) is 4.31 Å². The van der Waals surface area contributed by atoms with E-state index < -0.39 is 10.0 Å². The number of benzene rings is 2. The molecule has 1 amide bonds. The summed E-state index contributed by atoms with van der Waals surface area (Å²) in [5, 5.41) is 4.41. The topological polar surface area (TPSA) is 101 Å². The van der Waals surface area contributed by atoms with E-state index in [1.807, 2.05) is 24.3 Å². The molecular weight excluding hydrogens is 460 g/mol. The molecule has 1 fully saturated rings. The molecule has 8 nitrogen and oxygen atoms in total. The molecule has 4 rings (SSSR count). The van der Waals surface area contributed by atoms with Crippen molar-refractivity contribution in [3.05, 3.63) is 53.8 Å². The molecule has 1 saturated heterocycles. The van der Waals surface area contributed by atoms with Gasteiger partial charge in [-0.15, -0.1) is 0 Å². The van der Waals surface area contributed by atoms with Crippen LogP contribution in [0.15, 0.2) is 58.7 Å². The third-order valence-electron chi connectivity index (χ3n) is 4.65. The van der Waals surface area contributed by atoms with Crippen molar-refractivity contribution in [3.63, 3.8) is 0 Å². The third-order valence-corrected chi connectivity index (χ3v) is 8.03. The van der Waals surface area contributed by atoms with Gasteiger partial charge in [0.25, 0.3) is 0 Å². The van der Waals surface area contributed by atoms with Gasteiger partial charge in [0.1, 0.15) is 16.2 Å². The molecule has 1 aliphatic rings. The highest BCUT2D eigenvalue weighted by Gasteiger charge is 2.28. The molecule has 0 saturated carbocycles. The van der Waals surface area contributed by atoms with E-state index in [-0.39, 0.29) is 34.7 Å². The second-order valence-corrected chi connectivity index (χ2v) is 9.97. The Labute approximate surface area is 189 Å². The quantitative estimate of drug-likeness (QED) is 0.429. The molecule has 0 atom stereocenters. The molecule has 2 aromatic carbocycles. The summed E-state index contributed by atoms with van der Waals surface area (Å²) >= 11 is 7.45. The number of fused-ring (bicyclic) bond motifs is 1. The van der Waals surface area contributed by atoms with E-state index >= 15 is 0 Å². The lowest BCUT2D eigenvalue weighted by Gasteiger charge is -2.26. The molecule has 162 valence electrons. The summed E-state index contributed by atoms with van der Waals surface area (Å²) in [5.74, 6) is -0.181. The van der Waals surface area contributed by atoms with Gasteiger partial charge in [0.05, 0.1) is 29.5 Å². The van der Waals surface area contributed by atoms with Crippen molar-refractivity contribution in [2.45, 2.75) is 9.92 Å². The van der Waals surface area contributed by atoms with Crippen molar-refractivity contribution in [3.8, 4) is 0 Å². The van der Waals surface area contributed by atoms with E-state index in [0.717, 1.165) is 10.9 Å². The minimum Gasteiger partial charge on any atom is -0.379 e. The number of amides is 1. The SMILES string of the molecule is O=C(CSc1ncnc2ccccc12)Nc1ccc(Cl)c(S(=O)(=O)N2CCOCC2)c1. The van der Waals surface area contributed by atoms with E-state index in [2.05, 4.69) is 15.3 Å². The minimum atomic E-state index is -3.78.